The van der Waals surface area contributed by atoms with Crippen LogP contribution in [0.4, 0.5) is 17.1 Å². The SMILES string of the molecule is c1ccc(-c2ccc(N(c3ccc(-c4ccccc4)c(-c4ccccc4)c3)c3cccc4ccccc34)cc2-c2ccccc2)cc1. The van der Waals surface area contributed by atoms with Crippen molar-refractivity contribution in [3.05, 3.63) is 200 Å². The van der Waals surface area contributed by atoms with Crippen LogP contribution in [-0.4, -0.2) is 0 Å². The molecule has 0 unspecified atom stereocenters. The van der Waals surface area contributed by atoms with E-state index in [2.05, 4.69) is 205 Å². The summed E-state index contributed by atoms with van der Waals surface area (Å²) in [5.41, 5.74) is 12.9. The Balaban J connectivity index is 1.39. The third-order valence-electron chi connectivity index (χ3n) is 8.87. The lowest BCUT2D eigenvalue weighted by Crippen LogP contribution is -2.11. The van der Waals surface area contributed by atoms with Crippen LogP contribution in [0.25, 0.3) is 55.3 Å². The highest BCUT2D eigenvalue weighted by Gasteiger charge is 2.20. The highest BCUT2D eigenvalue weighted by molar-refractivity contribution is 6.01. The zero-order valence-corrected chi connectivity index (χ0v) is 26.0. The summed E-state index contributed by atoms with van der Waals surface area (Å²) in [4.78, 5) is 2.42. The molecule has 0 atom stereocenters. The quantitative estimate of drug-likeness (QED) is 0.176. The maximum Gasteiger partial charge on any atom is 0.0540 e. The number of benzene rings is 8. The van der Waals surface area contributed by atoms with Crippen molar-refractivity contribution in [1.29, 1.82) is 0 Å². The summed E-state index contributed by atoms with van der Waals surface area (Å²) >= 11 is 0. The summed E-state index contributed by atoms with van der Waals surface area (Å²) < 4.78 is 0. The van der Waals surface area contributed by atoms with Crippen LogP contribution < -0.4 is 4.90 Å². The van der Waals surface area contributed by atoms with Gasteiger partial charge in [0, 0.05) is 16.8 Å². The van der Waals surface area contributed by atoms with E-state index in [9.17, 15) is 0 Å². The maximum absolute atomic E-state index is 2.42. The smallest absolute Gasteiger partial charge is 0.0540 e. The average molecular weight is 600 g/mol. The van der Waals surface area contributed by atoms with Gasteiger partial charge in [-0.25, -0.2) is 0 Å². The zero-order valence-electron chi connectivity index (χ0n) is 26.0. The second-order valence-corrected chi connectivity index (χ2v) is 11.8. The lowest BCUT2D eigenvalue weighted by atomic mass is 9.92. The van der Waals surface area contributed by atoms with E-state index in [0.717, 1.165) is 17.1 Å². The van der Waals surface area contributed by atoms with Gasteiger partial charge in [0.25, 0.3) is 0 Å². The first-order valence-electron chi connectivity index (χ1n) is 16.1. The fourth-order valence-corrected chi connectivity index (χ4v) is 6.63. The van der Waals surface area contributed by atoms with Crippen molar-refractivity contribution in [2.75, 3.05) is 4.90 Å². The van der Waals surface area contributed by atoms with Crippen LogP contribution in [0, 0.1) is 0 Å². The first-order chi connectivity index (χ1) is 23.3. The van der Waals surface area contributed by atoms with E-state index < -0.39 is 0 Å². The van der Waals surface area contributed by atoms with Crippen LogP contribution in [-0.2, 0) is 0 Å². The molecule has 1 nitrogen and oxygen atoms in total. The first kappa shape index (κ1) is 28.3. The number of hydrogen-bond acceptors (Lipinski definition) is 1. The molecule has 0 bridgehead atoms. The molecule has 8 aromatic carbocycles. The Morgan fingerprint density at radius 3 is 1.13 bits per heavy atom. The molecule has 0 fully saturated rings. The third-order valence-corrected chi connectivity index (χ3v) is 8.87. The van der Waals surface area contributed by atoms with Gasteiger partial charge in [-0.3, -0.25) is 0 Å². The van der Waals surface area contributed by atoms with Crippen molar-refractivity contribution in [2.24, 2.45) is 0 Å². The minimum absolute atomic E-state index is 1.10. The largest absolute Gasteiger partial charge is 0.310 e. The topological polar surface area (TPSA) is 3.24 Å². The molecule has 8 aromatic rings. The van der Waals surface area contributed by atoms with Gasteiger partial charge in [0.05, 0.1) is 5.69 Å². The molecular weight excluding hydrogens is 567 g/mol. The Morgan fingerprint density at radius 1 is 0.277 bits per heavy atom. The van der Waals surface area contributed by atoms with Gasteiger partial charge in [0.2, 0.25) is 0 Å². The molecule has 222 valence electrons. The molecule has 0 aliphatic rings. The molecule has 8 rings (SSSR count). The van der Waals surface area contributed by atoms with Crippen LogP contribution in [0.1, 0.15) is 0 Å². The maximum atomic E-state index is 2.42. The summed E-state index contributed by atoms with van der Waals surface area (Å²) in [6.45, 7) is 0. The van der Waals surface area contributed by atoms with Crippen molar-refractivity contribution in [3.63, 3.8) is 0 Å². The van der Waals surface area contributed by atoms with E-state index in [1.165, 1.54) is 55.3 Å². The molecule has 1 heteroatoms. The van der Waals surface area contributed by atoms with Crippen LogP contribution in [0.2, 0.25) is 0 Å². The van der Waals surface area contributed by atoms with Crippen molar-refractivity contribution in [2.45, 2.75) is 0 Å². The lowest BCUT2D eigenvalue weighted by molar-refractivity contribution is 1.30. The Hall–Kier alpha value is -6.18. The Bertz CT molecular complexity index is 2140. The summed E-state index contributed by atoms with van der Waals surface area (Å²) in [6.07, 6.45) is 0. The lowest BCUT2D eigenvalue weighted by Gasteiger charge is -2.29. The molecule has 0 radical (unpaired) electrons. The van der Waals surface area contributed by atoms with E-state index in [1.54, 1.807) is 0 Å². The van der Waals surface area contributed by atoms with Gasteiger partial charge in [-0.1, -0.05) is 170 Å². The Kier molecular flexibility index (Phi) is 7.63. The third kappa shape index (κ3) is 5.60. The highest BCUT2D eigenvalue weighted by atomic mass is 15.1. The molecule has 0 aromatic heterocycles. The Labute approximate surface area is 276 Å². The van der Waals surface area contributed by atoms with E-state index in [4.69, 9.17) is 0 Å². The minimum Gasteiger partial charge on any atom is -0.310 e. The highest BCUT2D eigenvalue weighted by Crippen LogP contribution is 2.45. The van der Waals surface area contributed by atoms with Crippen LogP contribution >= 0.6 is 0 Å². The van der Waals surface area contributed by atoms with Crippen molar-refractivity contribution < 1.29 is 0 Å². The van der Waals surface area contributed by atoms with Gasteiger partial charge < -0.3 is 4.90 Å². The molecule has 0 aliphatic carbocycles. The van der Waals surface area contributed by atoms with E-state index in [-0.39, 0.29) is 0 Å². The summed E-state index contributed by atoms with van der Waals surface area (Å²) in [5.74, 6) is 0. The van der Waals surface area contributed by atoms with Crippen LogP contribution in [0.3, 0.4) is 0 Å². The van der Waals surface area contributed by atoms with Gasteiger partial charge in [0.15, 0.2) is 0 Å². The Morgan fingerprint density at radius 2 is 0.660 bits per heavy atom. The molecule has 0 saturated carbocycles. The summed E-state index contributed by atoms with van der Waals surface area (Å²) in [6, 6.07) is 71.9. The first-order valence-corrected chi connectivity index (χ1v) is 16.1. The van der Waals surface area contributed by atoms with E-state index in [0.29, 0.717) is 0 Å². The predicted octanol–water partition coefficient (Wildman–Crippen LogP) is 13.0. The fourth-order valence-electron chi connectivity index (χ4n) is 6.63. The van der Waals surface area contributed by atoms with Crippen LogP contribution in [0.15, 0.2) is 200 Å². The monoisotopic (exact) mass is 599 g/mol. The van der Waals surface area contributed by atoms with Gasteiger partial charge >= 0.3 is 0 Å². The zero-order chi connectivity index (χ0) is 31.4. The number of fused-ring (bicyclic) bond motifs is 1. The molecule has 0 amide bonds. The number of nitrogens with zero attached hydrogens (tertiary/aromatic N) is 1. The fraction of sp³-hybridized carbons (Fsp3) is 0. The molecule has 47 heavy (non-hydrogen) atoms. The van der Waals surface area contributed by atoms with Gasteiger partial charge in [0.1, 0.15) is 0 Å². The van der Waals surface area contributed by atoms with E-state index in [1.807, 2.05) is 0 Å². The molecule has 0 aliphatic heterocycles. The minimum atomic E-state index is 1.10. The van der Waals surface area contributed by atoms with E-state index >= 15 is 0 Å². The van der Waals surface area contributed by atoms with Crippen molar-refractivity contribution >= 4 is 27.8 Å². The van der Waals surface area contributed by atoms with Crippen LogP contribution in [0.5, 0.6) is 0 Å². The van der Waals surface area contributed by atoms with Gasteiger partial charge in [-0.05, 0) is 80.2 Å². The van der Waals surface area contributed by atoms with Crippen molar-refractivity contribution in [3.8, 4) is 44.5 Å². The molecule has 0 saturated heterocycles. The number of rotatable bonds is 7. The van der Waals surface area contributed by atoms with Crippen molar-refractivity contribution in [1.82, 2.24) is 0 Å². The molecule has 0 spiro atoms. The molecular formula is C46H33N. The predicted molar refractivity (Wildman–Crippen MR) is 200 cm³/mol. The molecule has 0 N–H and O–H groups in total. The number of anilines is 3. The second-order valence-electron chi connectivity index (χ2n) is 11.8. The molecule has 0 heterocycles. The normalized spacial score (nSPS) is 11.0. The van der Waals surface area contributed by atoms with Gasteiger partial charge in [-0.2, -0.15) is 0 Å². The standard InChI is InChI=1S/C46H33N/c1-5-16-34(17-6-1)41-30-28-39(32-44(41)37-20-9-3-10-21-37)47(46-27-15-25-36-24-13-14-26-43(36)46)40-29-31-42(35-18-7-2-8-19-35)45(33-40)38-22-11-4-12-23-38/h1-33H. The van der Waals surface area contributed by atoms with Gasteiger partial charge in [-0.15, -0.1) is 0 Å². The number of hydrogen-bond donors (Lipinski definition) is 0. The summed E-state index contributed by atoms with van der Waals surface area (Å²) in [5, 5.41) is 2.42. The summed E-state index contributed by atoms with van der Waals surface area (Å²) in [7, 11) is 0. The second kappa shape index (κ2) is 12.7. The average Bonchev–Trinajstić information content (AvgIpc) is 3.16.